The van der Waals surface area contributed by atoms with Crippen molar-refractivity contribution in [3.05, 3.63) is 53.7 Å². The van der Waals surface area contributed by atoms with Crippen molar-refractivity contribution < 1.29 is 0 Å². The zero-order valence-electron chi connectivity index (χ0n) is 14.4. The Morgan fingerprint density at radius 1 is 1.12 bits per heavy atom. The highest BCUT2D eigenvalue weighted by Crippen LogP contribution is 2.50. The second kappa shape index (κ2) is 6.87. The number of pyridine rings is 1. The smallest absolute Gasteiger partial charge is 0.0723 e. The molecule has 5 heteroatoms. The molecular formula is C20H20ClN3S. The Labute approximate surface area is 157 Å². The fourth-order valence-electron chi connectivity index (χ4n) is 3.27. The second-order valence-electron chi connectivity index (χ2n) is 6.51. The molecule has 3 nitrogen and oxygen atoms in total. The molecule has 0 saturated heterocycles. The molecule has 0 aliphatic carbocycles. The summed E-state index contributed by atoms with van der Waals surface area (Å²) >= 11 is 7.99. The highest BCUT2D eigenvalue weighted by molar-refractivity contribution is 7.99. The van der Waals surface area contributed by atoms with Crippen LogP contribution in [0.1, 0.15) is 6.42 Å². The van der Waals surface area contributed by atoms with E-state index < -0.39 is 0 Å². The predicted molar refractivity (Wildman–Crippen MR) is 107 cm³/mol. The zero-order chi connectivity index (χ0) is 17.4. The number of fused-ring (bicyclic) bond motifs is 4. The first-order chi connectivity index (χ1) is 12.1. The maximum absolute atomic E-state index is 6.24. The molecule has 128 valence electrons. The number of para-hydroxylation sites is 1. The Morgan fingerprint density at radius 2 is 1.96 bits per heavy atom. The molecule has 0 unspecified atom stereocenters. The normalized spacial score (nSPS) is 13.2. The molecule has 3 aromatic rings. The number of rotatable bonds is 4. The van der Waals surface area contributed by atoms with Gasteiger partial charge in [-0.25, -0.2) is 0 Å². The molecule has 0 atom stereocenters. The Hall–Kier alpha value is -1.75. The minimum Gasteiger partial charge on any atom is -0.339 e. The molecule has 4 rings (SSSR count). The molecule has 0 saturated carbocycles. The standard InChI is InChI=1S/C20H20ClN3S/c1-23(2)10-5-11-24-17-9-8-14(21)12-18(17)25-19-13-22-16-7-4-3-6-15(16)20(19)24/h3-4,6-9,12-13H,5,10-11H2,1-2H3. The van der Waals surface area contributed by atoms with Crippen molar-refractivity contribution in [3.63, 3.8) is 0 Å². The van der Waals surface area contributed by atoms with Gasteiger partial charge in [0.1, 0.15) is 0 Å². The summed E-state index contributed by atoms with van der Waals surface area (Å²) in [6.45, 7) is 2.03. The molecule has 25 heavy (non-hydrogen) atoms. The lowest BCUT2D eigenvalue weighted by Crippen LogP contribution is -2.25. The highest BCUT2D eigenvalue weighted by atomic mass is 35.5. The van der Waals surface area contributed by atoms with E-state index in [1.807, 2.05) is 18.3 Å². The van der Waals surface area contributed by atoms with E-state index in [4.69, 9.17) is 11.6 Å². The van der Waals surface area contributed by atoms with Gasteiger partial charge in [-0.1, -0.05) is 41.6 Å². The predicted octanol–water partition coefficient (Wildman–Crippen LogP) is 5.44. The monoisotopic (exact) mass is 369 g/mol. The summed E-state index contributed by atoms with van der Waals surface area (Å²) < 4.78 is 0. The van der Waals surface area contributed by atoms with Gasteiger partial charge in [0, 0.05) is 28.0 Å². The average Bonchev–Trinajstić information content (AvgIpc) is 2.60. The maximum Gasteiger partial charge on any atom is 0.0723 e. The first-order valence-corrected chi connectivity index (χ1v) is 9.60. The van der Waals surface area contributed by atoms with Gasteiger partial charge >= 0.3 is 0 Å². The summed E-state index contributed by atoms with van der Waals surface area (Å²) in [5.74, 6) is 0. The van der Waals surface area contributed by atoms with Gasteiger partial charge in [0.25, 0.3) is 0 Å². The van der Waals surface area contributed by atoms with Crippen LogP contribution in [0.3, 0.4) is 0 Å². The van der Waals surface area contributed by atoms with Crippen molar-refractivity contribution in [3.8, 4) is 0 Å². The minimum atomic E-state index is 0.775. The molecule has 2 heterocycles. The molecule has 1 aliphatic heterocycles. The first-order valence-electron chi connectivity index (χ1n) is 8.41. The van der Waals surface area contributed by atoms with Crippen LogP contribution in [0.2, 0.25) is 5.02 Å². The summed E-state index contributed by atoms with van der Waals surface area (Å²) in [7, 11) is 4.24. The lowest BCUT2D eigenvalue weighted by molar-refractivity contribution is 0.402. The third-order valence-corrected chi connectivity index (χ3v) is 5.70. The quantitative estimate of drug-likeness (QED) is 0.609. The fraction of sp³-hybridized carbons (Fsp3) is 0.250. The second-order valence-corrected chi connectivity index (χ2v) is 8.03. The van der Waals surface area contributed by atoms with Crippen LogP contribution in [-0.2, 0) is 0 Å². The topological polar surface area (TPSA) is 19.4 Å². The van der Waals surface area contributed by atoms with E-state index in [-0.39, 0.29) is 0 Å². The number of nitrogens with zero attached hydrogens (tertiary/aromatic N) is 3. The van der Waals surface area contributed by atoms with Crippen molar-refractivity contribution in [2.24, 2.45) is 0 Å². The fourth-order valence-corrected chi connectivity index (χ4v) is 4.64. The van der Waals surface area contributed by atoms with Gasteiger partial charge in [-0.15, -0.1) is 0 Å². The van der Waals surface area contributed by atoms with E-state index in [9.17, 15) is 0 Å². The minimum absolute atomic E-state index is 0.775. The lowest BCUT2D eigenvalue weighted by atomic mass is 10.1. The molecule has 0 amide bonds. The van der Waals surface area contributed by atoms with Crippen molar-refractivity contribution in [2.45, 2.75) is 16.2 Å². The summed E-state index contributed by atoms with van der Waals surface area (Å²) in [5, 5.41) is 1.98. The third kappa shape index (κ3) is 3.22. The third-order valence-electron chi connectivity index (χ3n) is 4.40. The van der Waals surface area contributed by atoms with Gasteiger partial charge in [0.2, 0.25) is 0 Å². The van der Waals surface area contributed by atoms with Gasteiger partial charge < -0.3 is 9.80 Å². The van der Waals surface area contributed by atoms with Gasteiger partial charge in [0.05, 0.1) is 21.8 Å². The average molecular weight is 370 g/mol. The number of anilines is 2. The van der Waals surface area contributed by atoms with Crippen LogP contribution in [0.5, 0.6) is 0 Å². The molecule has 0 bridgehead atoms. The first kappa shape index (κ1) is 16.7. The van der Waals surface area contributed by atoms with Crippen molar-refractivity contribution in [2.75, 3.05) is 32.1 Å². The van der Waals surface area contributed by atoms with E-state index >= 15 is 0 Å². The SMILES string of the molecule is CN(C)CCCN1c2ccc(Cl)cc2Sc2cnc3ccccc3c21. The molecule has 2 aromatic carbocycles. The van der Waals surface area contributed by atoms with E-state index in [0.717, 1.165) is 30.0 Å². The maximum atomic E-state index is 6.24. The van der Waals surface area contributed by atoms with Crippen molar-refractivity contribution in [1.29, 1.82) is 0 Å². The zero-order valence-corrected chi connectivity index (χ0v) is 15.9. The Kier molecular flexibility index (Phi) is 4.59. The van der Waals surface area contributed by atoms with Crippen molar-refractivity contribution >= 4 is 45.6 Å². The van der Waals surface area contributed by atoms with Gasteiger partial charge in [-0.2, -0.15) is 0 Å². The lowest BCUT2D eigenvalue weighted by Gasteiger charge is -2.34. The number of hydrogen-bond donors (Lipinski definition) is 0. The molecule has 0 radical (unpaired) electrons. The van der Waals surface area contributed by atoms with Crippen LogP contribution >= 0.6 is 23.4 Å². The van der Waals surface area contributed by atoms with E-state index in [1.165, 1.54) is 26.6 Å². The molecule has 0 spiro atoms. The van der Waals surface area contributed by atoms with E-state index in [1.54, 1.807) is 11.8 Å². The number of benzene rings is 2. The Balaban J connectivity index is 1.84. The summed E-state index contributed by atoms with van der Waals surface area (Å²) in [6.07, 6.45) is 3.08. The summed E-state index contributed by atoms with van der Waals surface area (Å²) in [4.78, 5) is 11.7. The number of halogens is 1. The van der Waals surface area contributed by atoms with Crippen molar-refractivity contribution in [1.82, 2.24) is 9.88 Å². The molecule has 1 aliphatic rings. The number of aromatic nitrogens is 1. The van der Waals surface area contributed by atoms with Crippen LogP contribution in [-0.4, -0.2) is 37.1 Å². The van der Waals surface area contributed by atoms with Gasteiger partial charge in [-0.05, 0) is 51.3 Å². The molecule has 1 aromatic heterocycles. The molecule has 0 N–H and O–H groups in total. The van der Waals surface area contributed by atoms with Gasteiger partial charge in [0.15, 0.2) is 0 Å². The summed E-state index contributed by atoms with van der Waals surface area (Å²) in [6, 6.07) is 14.6. The van der Waals surface area contributed by atoms with Crippen LogP contribution in [0.4, 0.5) is 11.4 Å². The Bertz CT molecular complexity index is 926. The molecule has 0 fully saturated rings. The Morgan fingerprint density at radius 3 is 2.80 bits per heavy atom. The van der Waals surface area contributed by atoms with Crippen LogP contribution in [0.15, 0.2) is 58.5 Å². The van der Waals surface area contributed by atoms with E-state index in [0.29, 0.717) is 0 Å². The molecular weight excluding hydrogens is 350 g/mol. The van der Waals surface area contributed by atoms with Gasteiger partial charge in [-0.3, -0.25) is 4.98 Å². The number of hydrogen-bond acceptors (Lipinski definition) is 4. The largest absolute Gasteiger partial charge is 0.339 e. The van der Waals surface area contributed by atoms with Crippen LogP contribution < -0.4 is 4.90 Å². The van der Waals surface area contributed by atoms with Crippen LogP contribution in [0, 0.1) is 0 Å². The summed E-state index contributed by atoms with van der Waals surface area (Å²) in [5.41, 5.74) is 3.54. The van der Waals surface area contributed by atoms with E-state index in [2.05, 4.69) is 59.2 Å². The highest BCUT2D eigenvalue weighted by Gasteiger charge is 2.25. The van der Waals surface area contributed by atoms with Crippen LogP contribution in [0.25, 0.3) is 10.9 Å².